The first-order chi connectivity index (χ1) is 11.5. The third-order valence-corrected chi connectivity index (χ3v) is 3.71. The predicted octanol–water partition coefficient (Wildman–Crippen LogP) is 1.44. The van der Waals surface area contributed by atoms with E-state index in [1.807, 2.05) is 25.1 Å². The number of rotatable bonds is 5. The lowest BCUT2D eigenvalue weighted by Gasteiger charge is -2.14. The van der Waals surface area contributed by atoms with Crippen molar-refractivity contribution in [2.24, 2.45) is 0 Å². The molecular formula is C18H18N2O4. The van der Waals surface area contributed by atoms with Crippen LogP contribution in [0.2, 0.25) is 0 Å². The number of fused-ring (bicyclic) bond motifs is 1. The first-order valence-corrected chi connectivity index (χ1v) is 7.64. The number of nitrogens with zero attached hydrogens (tertiary/aromatic N) is 1. The average molecular weight is 326 g/mol. The molecule has 1 heterocycles. The molecule has 0 fully saturated rings. The second-order valence-corrected chi connectivity index (χ2v) is 5.67. The molecule has 3 rings (SSSR count). The first-order valence-electron chi connectivity index (χ1n) is 7.64. The second kappa shape index (κ2) is 6.72. The minimum absolute atomic E-state index is 0.0117. The van der Waals surface area contributed by atoms with Crippen LogP contribution in [0.3, 0.4) is 0 Å². The van der Waals surface area contributed by atoms with Crippen molar-refractivity contribution < 1.29 is 9.84 Å². The molecule has 24 heavy (non-hydrogen) atoms. The maximum atomic E-state index is 12.4. The van der Waals surface area contributed by atoms with Gasteiger partial charge in [-0.3, -0.25) is 9.36 Å². The monoisotopic (exact) mass is 326 g/mol. The van der Waals surface area contributed by atoms with Crippen molar-refractivity contribution in [1.29, 1.82) is 0 Å². The van der Waals surface area contributed by atoms with E-state index in [4.69, 9.17) is 4.74 Å². The van der Waals surface area contributed by atoms with E-state index in [2.05, 4.69) is 4.98 Å². The van der Waals surface area contributed by atoms with Crippen LogP contribution in [0.4, 0.5) is 0 Å². The van der Waals surface area contributed by atoms with Gasteiger partial charge in [0.05, 0.1) is 17.4 Å². The van der Waals surface area contributed by atoms with E-state index in [1.54, 1.807) is 30.3 Å². The summed E-state index contributed by atoms with van der Waals surface area (Å²) >= 11 is 0. The summed E-state index contributed by atoms with van der Waals surface area (Å²) in [5.74, 6) is 0.633. The van der Waals surface area contributed by atoms with Crippen molar-refractivity contribution in [1.82, 2.24) is 9.55 Å². The zero-order valence-corrected chi connectivity index (χ0v) is 13.2. The molecule has 3 aromatic rings. The fourth-order valence-corrected chi connectivity index (χ4v) is 2.53. The average Bonchev–Trinajstić information content (AvgIpc) is 2.57. The molecule has 0 aliphatic rings. The van der Waals surface area contributed by atoms with Gasteiger partial charge in [-0.2, -0.15) is 0 Å². The number of aliphatic hydroxyl groups excluding tert-OH is 1. The number of nitrogens with one attached hydrogen (secondary N) is 1. The topological polar surface area (TPSA) is 84.3 Å². The summed E-state index contributed by atoms with van der Waals surface area (Å²) in [5.41, 5.74) is 0.552. The van der Waals surface area contributed by atoms with Crippen LogP contribution in [0.25, 0.3) is 10.9 Å². The lowest BCUT2D eigenvalue weighted by atomic mass is 10.2. The zero-order valence-electron chi connectivity index (χ0n) is 13.2. The summed E-state index contributed by atoms with van der Waals surface area (Å²) in [6.07, 6.45) is -0.981. The Labute approximate surface area is 138 Å². The molecule has 1 unspecified atom stereocenters. The van der Waals surface area contributed by atoms with E-state index in [0.717, 1.165) is 10.1 Å². The van der Waals surface area contributed by atoms with Gasteiger partial charge in [0.25, 0.3) is 5.56 Å². The number of aromatic nitrogens is 2. The number of para-hydroxylation sites is 1. The van der Waals surface area contributed by atoms with E-state index in [0.29, 0.717) is 16.7 Å². The van der Waals surface area contributed by atoms with Crippen LogP contribution >= 0.6 is 0 Å². The molecule has 0 bridgehead atoms. The minimum atomic E-state index is -0.981. The summed E-state index contributed by atoms with van der Waals surface area (Å²) in [7, 11) is 0. The normalized spacial score (nSPS) is 12.2. The van der Waals surface area contributed by atoms with Crippen LogP contribution in [0.15, 0.2) is 58.1 Å². The summed E-state index contributed by atoms with van der Waals surface area (Å²) in [4.78, 5) is 27.1. The number of hydrogen-bond donors (Lipinski definition) is 2. The third kappa shape index (κ3) is 3.38. The van der Waals surface area contributed by atoms with Crippen molar-refractivity contribution in [2.45, 2.75) is 19.6 Å². The molecule has 0 saturated heterocycles. The van der Waals surface area contributed by atoms with Gasteiger partial charge in [-0.15, -0.1) is 0 Å². The Kier molecular flexibility index (Phi) is 4.48. The van der Waals surface area contributed by atoms with E-state index in [-0.39, 0.29) is 13.2 Å². The van der Waals surface area contributed by atoms with Crippen LogP contribution in [-0.2, 0) is 6.54 Å². The number of aryl methyl sites for hydroxylation is 1. The summed E-state index contributed by atoms with van der Waals surface area (Å²) in [5, 5.41) is 10.5. The molecule has 2 aromatic carbocycles. The molecule has 0 saturated carbocycles. The maximum absolute atomic E-state index is 12.4. The smallest absolute Gasteiger partial charge is 0.328 e. The quantitative estimate of drug-likeness (QED) is 0.743. The number of ether oxygens (including phenoxy) is 1. The molecule has 6 heteroatoms. The summed E-state index contributed by atoms with van der Waals surface area (Å²) < 4.78 is 6.50. The van der Waals surface area contributed by atoms with Gasteiger partial charge in [-0.05, 0) is 36.8 Å². The fraction of sp³-hybridized carbons (Fsp3) is 0.222. The molecule has 0 amide bonds. The van der Waals surface area contributed by atoms with Crippen molar-refractivity contribution in [3.8, 4) is 5.75 Å². The molecule has 0 radical (unpaired) electrons. The van der Waals surface area contributed by atoms with Crippen LogP contribution in [0.5, 0.6) is 5.75 Å². The Bertz CT molecular complexity index is 974. The Morgan fingerprint density at radius 3 is 2.75 bits per heavy atom. The molecule has 0 spiro atoms. The summed E-state index contributed by atoms with van der Waals surface area (Å²) in [6, 6.07) is 14.2. The lowest BCUT2D eigenvalue weighted by molar-refractivity contribution is 0.0906. The minimum Gasteiger partial charge on any atom is -0.491 e. The Morgan fingerprint density at radius 2 is 1.96 bits per heavy atom. The molecule has 0 aliphatic heterocycles. The highest BCUT2D eigenvalue weighted by atomic mass is 16.5. The second-order valence-electron chi connectivity index (χ2n) is 5.67. The Morgan fingerprint density at radius 1 is 1.17 bits per heavy atom. The number of hydrogen-bond acceptors (Lipinski definition) is 4. The van der Waals surface area contributed by atoms with Gasteiger partial charge < -0.3 is 14.8 Å². The van der Waals surface area contributed by atoms with Crippen LogP contribution in [0, 0.1) is 6.92 Å². The molecule has 1 aromatic heterocycles. The first kappa shape index (κ1) is 16.0. The van der Waals surface area contributed by atoms with Gasteiger partial charge in [0.2, 0.25) is 0 Å². The highest BCUT2D eigenvalue weighted by Gasteiger charge is 2.12. The number of H-pyrrole nitrogens is 1. The van der Waals surface area contributed by atoms with Gasteiger partial charge >= 0.3 is 5.69 Å². The van der Waals surface area contributed by atoms with Gasteiger partial charge in [0, 0.05) is 0 Å². The van der Waals surface area contributed by atoms with Gasteiger partial charge in [0.1, 0.15) is 18.5 Å². The van der Waals surface area contributed by atoms with Crippen LogP contribution in [-0.4, -0.2) is 27.4 Å². The van der Waals surface area contributed by atoms with Gasteiger partial charge in [0.15, 0.2) is 0 Å². The standard InChI is InChI=1S/C18H18N2O4/c1-12-5-4-6-14(9-12)24-11-13(21)10-20-17(22)15-7-2-3-8-16(15)19-18(20)23/h2-9,13,21H,10-11H2,1H3,(H,19,23). The van der Waals surface area contributed by atoms with E-state index >= 15 is 0 Å². The number of aromatic amines is 1. The third-order valence-electron chi connectivity index (χ3n) is 3.71. The zero-order chi connectivity index (χ0) is 17.1. The molecule has 1 atom stereocenters. The molecule has 2 N–H and O–H groups in total. The Hall–Kier alpha value is -2.86. The lowest BCUT2D eigenvalue weighted by Crippen LogP contribution is -2.39. The number of aliphatic hydroxyl groups is 1. The molecule has 0 aliphatic carbocycles. The van der Waals surface area contributed by atoms with Crippen molar-refractivity contribution in [3.63, 3.8) is 0 Å². The van der Waals surface area contributed by atoms with Gasteiger partial charge in [-0.1, -0.05) is 24.3 Å². The predicted molar refractivity (Wildman–Crippen MR) is 91.5 cm³/mol. The van der Waals surface area contributed by atoms with Crippen molar-refractivity contribution in [2.75, 3.05) is 6.61 Å². The van der Waals surface area contributed by atoms with E-state index in [9.17, 15) is 14.7 Å². The van der Waals surface area contributed by atoms with Crippen LogP contribution in [0.1, 0.15) is 5.56 Å². The number of benzene rings is 2. The summed E-state index contributed by atoms with van der Waals surface area (Å²) in [6.45, 7) is 1.80. The van der Waals surface area contributed by atoms with Crippen molar-refractivity contribution >= 4 is 10.9 Å². The molecule has 6 nitrogen and oxygen atoms in total. The molecular weight excluding hydrogens is 308 g/mol. The Balaban J connectivity index is 1.77. The SMILES string of the molecule is Cc1cccc(OCC(O)Cn2c(=O)[nH]c3ccccc3c2=O)c1. The van der Waals surface area contributed by atoms with Crippen LogP contribution < -0.4 is 16.0 Å². The van der Waals surface area contributed by atoms with E-state index < -0.39 is 17.4 Å². The highest BCUT2D eigenvalue weighted by Crippen LogP contribution is 2.12. The molecule has 124 valence electrons. The van der Waals surface area contributed by atoms with Gasteiger partial charge in [-0.25, -0.2) is 4.79 Å². The maximum Gasteiger partial charge on any atom is 0.328 e. The van der Waals surface area contributed by atoms with E-state index in [1.165, 1.54) is 0 Å². The highest BCUT2D eigenvalue weighted by molar-refractivity contribution is 5.76. The van der Waals surface area contributed by atoms with Crippen molar-refractivity contribution in [3.05, 3.63) is 74.9 Å². The fourth-order valence-electron chi connectivity index (χ4n) is 2.53. The largest absolute Gasteiger partial charge is 0.491 e.